The van der Waals surface area contributed by atoms with Crippen molar-refractivity contribution < 1.29 is 23.8 Å². The van der Waals surface area contributed by atoms with Gasteiger partial charge in [-0.05, 0) is 29.8 Å². The molecule has 2 aromatic heterocycles. The zero-order valence-corrected chi connectivity index (χ0v) is 24.5. The predicted molar refractivity (Wildman–Crippen MR) is 160 cm³/mol. The Kier molecular flexibility index (Phi) is 10.3. The lowest BCUT2D eigenvalue weighted by molar-refractivity contribution is -0.153. The van der Waals surface area contributed by atoms with Crippen LogP contribution in [0.3, 0.4) is 0 Å². The highest BCUT2D eigenvalue weighted by Crippen LogP contribution is 2.42. The molecule has 0 unspecified atom stereocenters. The number of rotatable bonds is 11. The van der Waals surface area contributed by atoms with E-state index in [9.17, 15) is 14.9 Å². The van der Waals surface area contributed by atoms with Crippen LogP contribution in [0.15, 0.2) is 58.9 Å². The first kappa shape index (κ1) is 30.3. The van der Waals surface area contributed by atoms with Gasteiger partial charge in [-0.25, -0.2) is 14.8 Å². The molecule has 2 heterocycles. The summed E-state index contributed by atoms with van der Waals surface area (Å²) in [6, 6.07) is 16.4. The molecule has 0 bridgehead atoms. The number of esters is 2. The largest absolute Gasteiger partial charge is 0.490 e. The number of hydrogen-bond acceptors (Lipinski definition) is 11. The number of nitriles is 1. The fourth-order valence-corrected chi connectivity index (χ4v) is 5.63. The lowest BCUT2D eigenvalue weighted by Gasteiger charge is -2.14. The maximum Gasteiger partial charge on any atom is 0.317 e. The number of pyridine rings is 1. The number of anilines is 1. The Balaban J connectivity index is 1.47. The fraction of sp³-hybridized carbons (Fsp3) is 0.172. The molecule has 0 saturated carbocycles. The van der Waals surface area contributed by atoms with Crippen LogP contribution in [0.4, 0.5) is 11.5 Å². The smallest absolute Gasteiger partial charge is 0.317 e. The topological polar surface area (TPSA) is 142 Å². The highest BCUT2D eigenvalue weighted by Gasteiger charge is 2.21. The number of carbonyl (C=O) groups is 2. The van der Waals surface area contributed by atoms with Gasteiger partial charge >= 0.3 is 11.9 Å². The van der Waals surface area contributed by atoms with E-state index >= 15 is 0 Å². The summed E-state index contributed by atoms with van der Waals surface area (Å²) in [5.41, 5.74) is 9.22. The molecule has 0 saturated heterocycles. The first-order valence-electron chi connectivity index (χ1n) is 12.2. The highest BCUT2D eigenvalue weighted by atomic mass is 35.5. The Morgan fingerprint density at radius 2 is 1.81 bits per heavy atom. The Labute approximate surface area is 254 Å². The van der Waals surface area contributed by atoms with E-state index in [4.69, 9.17) is 33.4 Å². The minimum atomic E-state index is -0.711. The Hall–Kier alpha value is -4.62. The normalized spacial score (nSPS) is 10.4. The molecule has 212 valence electrons. The van der Waals surface area contributed by atoms with Gasteiger partial charge in [0.2, 0.25) is 5.69 Å². The summed E-state index contributed by atoms with van der Waals surface area (Å²) in [5.74, 6) is -0.453. The van der Waals surface area contributed by atoms with Gasteiger partial charge in [-0.15, -0.1) is 11.3 Å². The van der Waals surface area contributed by atoms with Gasteiger partial charge in [-0.3, -0.25) is 9.59 Å². The quantitative estimate of drug-likeness (QED) is 0.0667. The molecule has 2 N–H and O–H groups in total. The van der Waals surface area contributed by atoms with Crippen LogP contribution in [-0.4, -0.2) is 42.2 Å². The van der Waals surface area contributed by atoms with Crippen LogP contribution in [0.2, 0.25) is 5.02 Å². The van der Waals surface area contributed by atoms with Gasteiger partial charge in [0.1, 0.15) is 47.3 Å². The molecule has 10 nitrogen and oxygen atoms in total. The van der Waals surface area contributed by atoms with Crippen LogP contribution in [0, 0.1) is 17.9 Å². The average Bonchev–Trinajstić information content (AvgIpc) is 3.47. The number of hydrogen-bond donors (Lipinski definition) is 1. The number of nitrogens with zero attached hydrogens (tertiary/aromatic N) is 4. The summed E-state index contributed by atoms with van der Waals surface area (Å²) in [4.78, 5) is 35.3. The van der Waals surface area contributed by atoms with Crippen molar-refractivity contribution in [3.8, 4) is 33.5 Å². The van der Waals surface area contributed by atoms with E-state index in [0.29, 0.717) is 32.7 Å². The number of halogens is 1. The third-order valence-corrected chi connectivity index (χ3v) is 7.86. The van der Waals surface area contributed by atoms with Gasteiger partial charge in [0.05, 0.1) is 24.9 Å². The van der Waals surface area contributed by atoms with Crippen molar-refractivity contribution in [2.75, 3.05) is 26.1 Å². The maximum atomic E-state index is 11.5. The van der Waals surface area contributed by atoms with Gasteiger partial charge < -0.3 is 19.9 Å². The number of thioether (sulfide) groups is 1. The fourth-order valence-electron chi connectivity index (χ4n) is 3.69. The number of methoxy groups -OCH3 is 1. The third kappa shape index (κ3) is 7.56. The predicted octanol–water partition coefficient (Wildman–Crippen LogP) is 6.31. The molecule has 0 aliphatic heterocycles. The third-order valence-electron chi connectivity index (χ3n) is 5.66. The first-order chi connectivity index (χ1) is 20.3. The van der Waals surface area contributed by atoms with Crippen molar-refractivity contribution in [2.24, 2.45) is 0 Å². The van der Waals surface area contributed by atoms with Crippen LogP contribution in [-0.2, 0) is 24.8 Å². The molecule has 0 aliphatic rings. The van der Waals surface area contributed by atoms with E-state index < -0.39 is 18.4 Å². The van der Waals surface area contributed by atoms with Crippen molar-refractivity contribution in [1.29, 1.82) is 5.26 Å². The summed E-state index contributed by atoms with van der Waals surface area (Å²) in [7, 11) is 1.18. The lowest BCUT2D eigenvalue weighted by Crippen LogP contribution is -2.16. The second-order valence-corrected chi connectivity index (χ2v) is 10.7. The Bertz CT molecular complexity index is 1680. The molecule has 0 fully saturated rings. The van der Waals surface area contributed by atoms with Gasteiger partial charge in [0.25, 0.3) is 0 Å². The average molecular weight is 620 g/mol. The molecule has 13 heteroatoms. The summed E-state index contributed by atoms with van der Waals surface area (Å²) >= 11 is 8.80. The van der Waals surface area contributed by atoms with Crippen LogP contribution in [0.5, 0.6) is 5.75 Å². The van der Waals surface area contributed by atoms with E-state index in [2.05, 4.69) is 25.6 Å². The van der Waals surface area contributed by atoms with E-state index in [1.165, 1.54) is 30.2 Å². The molecule has 2 aromatic carbocycles. The minimum absolute atomic E-state index is 0.0238. The van der Waals surface area contributed by atoms with Crippen LogP contribution in [0.1, 0.15) is 17.7 Å². The number of carbonyl (C=O) groups excluding carboxylic acids is 2. The number of nitrogen functional groups attached to an aromatic ring is 1. The first-order valence-corrected chi connectivity index (χ1v) is 14.5. The zero-order chi connectivity index (χ0) is 30.1. The minimum Gasteiger partial charge on any atom is -0.490 e. The number of ether oxygens (including phenoxy) is 3. The summed E-state index contributed by atoms with van der Waals surface area (Å²) in [6.07, 6.45) is -0.473. The molecule has 0 amide bonds. The molecule has 4 aromatic rings. The van der Waals surface area contributed by atoms with Crippen LogP contribution in [0.25, 0.3) is 26.5 Å². The maximum absolute atomic E-state index is 11.5. The van der Waals surface area contributed by atoms with Crippen molar-refractivity contribution in [2.45, 2.75) is 17.2 Å². The molecule has 42 heavy (non-hydrogen) atoms. The van der Waals surface area contributed by atoms with Gasteiger partial charge in [-0.1, -0.05) is 47.6 Å². The van der Waals surface area contributed by atoms with Crippen molar-refractivity contribution in [3.05, 3.63) is 81.6 Å². The van der Waals surface area contributed by atoms with E-state index in [1.807, 2.05) is 29.6 Å². The second-order valence-electron chi connectivity index (χ2n) is 8.41. The highest BCUT2D eigenvalue weighted by molar-refractivity contribution is 7.98. The lowest BCUT2D eigenvalue weighted by atomic mass is 10.00. The van der Waals surface area contributed by atoms with E-state index in [0.717, 1.165) is 16.3 Å². The van der Waals surface area contributed by atoms with E-state index in [-0.39, 0.29) is 30.3 Å². The SMILES string of the molecule is [C-]#[N+]c1c(N)nc(SCc2csc(-c3ccc(Cl)cc3)n2)c(C#N)c1-c1ccc(OCCOC(=O)CC(=O)OC)cc1. The number of aromatic nitrogens is 2. The van der Waals surface area contributed by atoms with Gasteiger partial charge in [0.15, 0.2) is 0 Å². The Morgan fingerprint density at radius 3 is 2.48 bits per heavy atom. The molecule has 0 aliphatic carbocycles. The molecule has 0 atom stereocenters. The monoisotopic (exact) mass is 619 g/mol. The molecule has 0 spiro atoms. The second kappa shape index (κ2) is 14.3. The molecular weight excluding hydrogens is 598 g/mol. The summed E-state index contributed by atoms with van der Waals surface area (Å²) < 4.78 is 14.9. The van der Waals surface area contributed by atoms with Crippen molar-refractivity contribution in [1.82, 2.24) is 9.97 Å². The Morgan fingerprint density at radius 1 is 1.10 bits per heavy atom. The number of nitrogens with two attached hydrogens (primary N) is 1. The number of thiazole rings is 1. The van der Waals surface area contributed by atoms with Crippen molar-refractivity contribution >= 4 is 58.1 Å². The van der Waals surface area contributed by atoms with Gasteiger partial charge in [-0.2, -0.15) is 5.26 Å². The van der Waals surface area contributed by atoms with E-state index in [1.54, 1.807) is 24.3 Å². The van der Waals surface area contributed by atoms with Crippen molar-refractivity contribution in [3.63, 3.8) is 0 Å². The zero-order valence-electron chi connectivity index (χ0n) is 22.1. The molecule has 4 rings (SSSR count). The molecule has 0 radical (unpaired) electrons. The summed E-state index contributed by atoms with van der Waals surface area (Å²) in [5, 5.41) is 13.9. The standard InChI is InChI=1S/C29H22ClN5O5S2/c1-33-26-25(17-5-9-21(10-6-17)39-11-12-40-24(37)13-23(36)38-2)22(14-31)29(35-27(26)32)42-16-20-15-41-28(34-20)18-3-7-19(30)8-4-18/h3-10,15H,11-13,16H2,2H3,(H2,32,35). The summed E-state index contributed by atoms with van der Waals surface area (Å²) in [6.45, 7) is 7.67. The van der Waals surface area contributed by atoms with Crippen LogP contribution >= 0.6 is 34.7 Å². The van der Waals surface area contributed by atoms with Gasteiger partial charge in [0, 0.05) is 27.3 Å². The van der Waals surface area contributed by atoms with Crippen LogP contribution < -0.4 is 10.5 Å². The molecular formula is C29H22ClN5O5S2. The number of benzene rings is 2.